The number of hydrogen-bond acceptors (Lipinski definition) is 5. The monoisotopic (exact) mass is 378 g/mol. The third-order valence-corrected chi connectivity index (χ3v) is 4.56. The fraction of sp³-hybridized carbons (Fsp3) is 0.100. The van der Waals surface area contributed by atoms with Crippen molar-refractivity contribution in [1.82, 2.24) is 19.8 Å². The van der Waals surface area contributed by atoms with E-state index in [4.69, 9.17) is 16.3 Å². The summed E-state index contributed by atoms with van der Waals surface area (Å²) in [5.41, 5.74) is 4.52. The lowest BCUT2D eigenvalue weighted by Crippen LogP contribution is -2.02. The Morgan fingerprint density at radius 1 is 1.00 bits per heavy atom. The molecule has 134 valence electrons. The standard InChI is InChI=1S/C20H15ClN4O2/c1-12-3-5-13(6-4-12)19-23-22-18-10-9-17(24-25(18)19)14-7-8-15(16(21)11-14)20(26)27-2/h3-11H,1-2H3. The van der Waals surface area contributed by atoms with Gasteiger partial charge >= 0.3 is 5.97 Å². The highest BCUT2D eigenvalue weighted by molar-refractivity contribution is 6.33. The number of esters is 1. The molecule has 0 aliphatic rings. The molecule has 0 saturated carbocycles. The van der Waals surface area contributed by atoms with E-state index in [2.05, 4.69) is 15.3 Å². The second-order valence-electron chi connectivity index (χ2n) is 6.06. The summed E-state index contributed by atoms with van der Waals surface area (Å²) in [7, 11) is 1.32. The normalized spacial score (nSPS) is 10.9. The molecule has 2 heterocycles. The molecule has 0 amide bonds. The predicted octanol–water partition coefficient (Wildman–Crippen LogP) is 4.21. The summed E-state index contributed by atoms with van der Waals surface area (Å²) in [6.45, 7) is 2.03. The first kappa shape index (κ1) is 17.2. The van der Waals surface area contributed by atoms with Crippen LogP contribution in [-0.4, -0.2) is 32.9 Å². The predicted molar refractivity (Wildman–Crippen MR) is 103 cm³/mol. The highest BCUT2D eigenvalue weighted by atomic mass is 35.5. The van der Waals surface area contributed by atoms with Crippen LogP contribution in [0.4, 0.5) is 0 Å². The Bertz CT molecular complexity index is 1150. The second-order valence-corrected chi connectivity index (χ2v) is 6.47. The molecule has 0 atom stereocenters. The van der Waals surface area contributed by atoms with Gasteiger partial charge in [0, 0.05) is 11.1 Å². The second kappa shape index (κ2) is 6.81. The Morgan fingerprint density at radius 3 is 2.44 bits per heavy atom. The summed E-state index contributed by atoms with van der Waals surface area (Å²) in [6, 6.07) is 16.8. The van der Waals surface area contributed by atoms with Crippen molar-refractivity contribution in [2.75, 3.05) is 7.11 Å². The summed E-state index contributed by atoms with van der Waals surface area (Å²) < 4.78 is 6.42. The van der Waals surface area contributed by atoms with Gasteiger partial charge in [-0.05, 0) is 31.2 Å². The third kappa shape index (κ3) is 3.15. The van der Waals surface area contributed by atoms with Crippen LogP contribution in [0.2, 0.25) is 5.02 Å². The van der Waals surface area contributed by atoms with Gasteiger partial charge in [-0.3, -0.25) is 0 Å². The van der Waals surface area contributed by atoms with Gasteiger partial charge < -0.3 is 4.74 Å². The van der Waals surface area contributed by atoms with Gasteiger partial charge in [-0.25, -0.2) is 4.79 Å². The molecule has 7 heteroatoms. The molecule has 4 rings (SSSR count). The lowest BCUT2D eigenvalue weighted by molar-refractivity contribution is 0.0601. The number of benzene rings is 2. The summed E-state index contributed by atoms with van der Waals surface area (Å²) in [5.74, 6) is 0.180. The first-order valence-corrected chi connectivity index (χ1v) is 8.62. The number of methoxy groups -OCH3 is 1. The van der Waals surface area contributed by atoms with Crippen molar-refractivity contribution in [3.63, 3.8) is 0 Å². The molecule has 0 fully saturated rings. The van der Waals surface area contributed by atoms with Crippen molar-refractivity contribution >= 4 is 23.2 Å². The van der Waals surface area contributed by atoms with Gasteiger partial charge in [0.25, 0.3) is 0 Å². The SMILES string of the molecule is COC(=O)c1ccc(-c2ccc3nnc(-c4ccc(C)cc4)n3n2)cc1Cl. The molecule has 0 saturated heterocycles. The number of carbonyl (C=O) groups excluding carboxylic acids is 1. The number of aromatic nitrogens is 4. The van der Waals surface area contributed by atoms with Crippen molar-refractivity contribution in [1.29, 1.82) is 0 Å². The molecule has 0 N–H and O–H groups in total. The molecule has 0 bridgehead atoms. The van der Waals surface area contributed by atoms with Crippen LogP contribution >= 0.6 is 11.6 Å². The Morgan fingerprint density at radius 2 is 1.74 bits per heavy atom. The van der Waals surface area contributed by atoms with Crippen molar-refractivity contribution in [3.05, 3.63) is 70.7 Å². The summed E-state index contributed by atoms with van der Waals surface area (Å²) in [4.78, 5) is 11.7. The zero-order chi connectivity index (χ0) is 19.0. The summed E-state index contributed by atoms with van der Waals surface area (Å²) in [6.07, 6.45) is 0. The van der Waals surface area contributed by atoms with Gasteiger partial charge in [0.05, 0.1) is 23.4 Å². The van der Waals surface area contributed by atoms with Crippen LogP contribution in [0, 0.1) is 6.92 Å². The van der Waals surface area contributed by atoms with E-state index in [0.29, 0.717) is 27.8 Å². The Labute approximate surface area is 160 Å². The number of aryl methyl sites for hydroxylation is 1. The van der Waals surface area contributed by atoms with Gasteiger partial charge in [-0.2, -0.15) is 9.61 Å². The van der Waals surface area contributed by atoms with Crippen LogP contribution in [0.5, 0.6) is 0 Å². The topological polar surface area (TPSA) is 69.4 Å². The van der Waals surface area contributed by atoms with Crippen LogP contribution in [0.1, 0.15) is 15.9 Å². The number of carbonyl (C=O) groups is 1. The molecule has 27 heavy (non-hydrogen) atoms. The number of halogens is 1. The molecule has 4 aromatic rings. The van der Waals surface area contributed by atoms with E-state index in [1.807, 2.05) is 43.3 Å². The lowest BCUT2D eigenvalue weighted by Gasteiger charge is -2.06. The maximum absolute atomic E-state index is 11.7. The van der Waals surface area contributed by atoms with Gasteiger partial charge in [0.15, 0.2) is 11.5 Å². The minimum atomic E-state index is -0.476. The van der Waals surface area contributed by atoms with Gasteiger partial charge in [-0.15, -0.1) is 10.2 Å². The Balaban J connectivity index is 1.79. The maximum atomic E-state index is 11.7. The summed E-state index contributed by atoms with van der Waals surface area (Å²) in [5, 5.41) is 13.4. The third-order valence-electron chi connectivity index (χ3n) is 4.24. The number of fused-ring (bicyclic) bond motifs is 1. The van der Waals surface area contributed by atoms with Crippen molar-refractivity contribution in [2.24, 2.45) is 0 Å². The zero-order valence-electron chi connectivity index (χ0n) is 14.7. The van der Waals surface area contributed by atoms with Gasteiger partial charge in [0.1, 0.15) is 0 Å². The van der Waals surface area contributed by atoms with Crippen LogP contribution in [0.25, 0.3) is 28.3 Å². The van der Waals surface area contributed by atoms with Crippen LogP contribution in [0.3, 0.4) is 0 Å². The maximum Gasteiger partial charge on any atom is 0.339 e. The summed E-state index contributed by atoms with van der Waals surface area (Å²) >= 11 is 6.23. The van der Waals surface area contributed by atoms with E-state index < -0.39 is 5.97 Å². The first-order valence-electron chi connectivity index (χ1n) is 8.24. The molecular weight excluding hydrogens is 364 g/mol. The Kier molecular flexibility index (Phi) is 4.33. The number of rotatable bonds is 3. The van der Waals surface area contributed by atoms with E-state index >= 15 is 0 Å². The molecule has 6 nitrogen and oxygen atoms in total. The van der Waals surface area contributed by atoms with Gasteiger partial charge in [0.2, 0.25) is 0 Å². The van der Waals surface area contributed by atoms with E-state index in [1.165, 1.54) is 12.7 Å². The fourth-order valence-corrected chi connectivity index (χ4v) is 3.03. The van der Waals surface area contributed by atoms with Crippen molar-refractivity contribution < 1.29 is 9.53 Å². The van der Waals surface area contributed by atoms with Crippen LogP contribution < -0.4 is 0 Å². The average Bonchev–Trinajstić information content (AvgIpc) is 3.11. The van der Waals surface area contributed by atoms with Crippen LogP contribution in [-0.2, 0) is 4.74 Å². The van der Waals surface area contributed by atoms with Crippen LogP contribution in [0.15, 0.2) is 54.6 Å². The Hall–Kier alpha value is -3.25. The average molecular weight is 379 g/mol. The quantitative estimate of drug-likeness (QED) is 0.499. The molecule has 0 radical (unpaired) electrons. The highest BCUT2D eigenvalue weighted by Gasteiger charge is 2.14. The fourth-order valence-electron chi connectivity index (χ4n) is 2.78. The smallest absolute Gasteiger partial charge is 0.339 e. The van der Waals surface area contributed by atoms with E-state index in [-0.39, 0.29) is 0 Å². The van der Waals surface area contributed by atoms with Gasteiger partial charge in [-0.1, -0.05) is 47.5 Å². The van der Waals surface area contributed by atoms with E-state index in [0.717, 1.165) is 11.1 Å². The molecule has 2 aromatic heterocycles. The number of ether oxygens (including phenoxy) is 1. The molecule has 2 aromatic carbocycles. The highest BCUT2D eigenvalue weighted by Crippen LogP contribution is 2.26. The zero-order valence-corrected chi connectivity index (χ0v) is 15.4. The largest absolute Gasteiger partial charge is 0.465 e. The molecular formula is C20H15ClN4O2. The molecule has 0 aliphatic heterocycles. The molecule has 0 unspecified atom stereocenters. The minimum absolute atomic E-state index is 0.309. The van der Waals surface area contributed by atoms with Crippen molar-refractivity contribution in [2.45, 2.75) is 6.92 Å². The first-order chi connectivity index (χ1) is 13.1. The number of nitrogens with zero attached hydrogens (tertiary/aromatic N) is 4. The van der Waals surface area contributed by atoms with E-state index in [1.54, 1.807) is 22.7 Å². The molecule has 0 spiro atoms. The minimum Gasteiger partial charge on any atom is -0.465 e. The molecule has 0 aliphatic carbocycles. The van der Waals surface area contributed by atoms with E-state index in [9.17, 15) is 4.79 Å². The number of hydrogen-bond donors (Lipinski definition) is 0. The lowest BCUT2D eigenvalue weighted by atomic mass is 10.1. The van der Waals surface area contributed by atoms with Crippen molar-refractivity contribution in [3.8, 4) is 22.6 Å².